The van der Waals surface area contributed by atoms with Gasteiger partial charge in [-0.15, -0.1) is 15.3 Å². The maximum atomic E-state index is 14.2. The van der Waals surface area contributed by atoms with E-state index in [0.717, 1.165) is 42.5 Å². The van der Waals surface area contributed by atoms with Crippen molar-refractivity contribution in [3.05, 3.63) is 29.8 Å². The van der Waals surface area contributed by atoms with Gasteiger partial charge in [0.2, 0.25) is 0 Å². The minimum Gasteiger partial charge on any atom is -0.503 e. The van der Waals surface area contributed by atoms with Crippen molar-refractivity contribution in [2.24, 2.45) is 5.41 Å². The molecule has 4 rings (SSSR count). The van der Waals surface area contributed by atoms with Crippen LogP contribution in [-0.2, 0) is 0 Å². The minimum absolute atomic E-state index is 0.0121. The highest BCUT2D eigenvalue weighted by molar-refractivity contribution is 5.78. The van der Waals surface area contributed by atoms with E-state index in [1.165, 1.54) is 0 Å². The van der Waals surface area contributed by atoms with Crippen LogP contribution in [-0.4, -0.2) is 43.4 Å². The number of aromatic hydroxyl groups is 1. The van der Waals surface area contributed by atoms with Crippen LogP contribution in [0.1, 0.15) is 26.7 Å². The Bertz CT molecular complexity index is 960. The molecule has 3 aromatic rings. The molecule has 0 amide bonds. The topological polar surface area (TPSA) is 80.0 Å². The van der Waals surface area contributed by atoms with Crippen LogP contribution in [0.25, 0.3) is 16.9 Å². The van der Waals surface area contributed by atoms with Gasteiger partial charge in [-0.25, -0.2) is 8.78 Å². The summed E-state index contributed by atoms with van der Waals surface area (Å²) in [5.74, 6) is -2.31. The molecule has 0 unspecified atom stereocenters. The van der Waals surface area contributed by atoms with Crippen molar-refractivity contribution in [2.75, 3.05) is 18.0 Å². The number of anilines is 1. The van der Waals surface area contributed by atoms with Crippen LogP contribution in [0.4, 0.5) is 14.6 Å². The van der Waals surface area contributed by atoms with E-state index in [9.17, 15) is 13.9 Å². The Morgan fingerprint density at radius 2 is 1.69 bits per heavy atom. The number of piperidine rings is 1. The second kappa shape index (κ2) is 5.86. The van der Waals surface area contributed by atoms with Crippen LogP contribution in [0.15, 0.2) is 18.2 Å². The van der Waals surface area contributed by atoms with E-state index in [-0.39, 0.29) is 16.9 Å². The molecule has 9 heteroatoms. The second-order valence-corrected chi connectivity index (χ2v) is 7.29. The fraction of sp³-hybridized carbons (Fsp3) is 0.412. The molecule has 1 fully saturated rings. The third kappa shape index (κ3) is 2.73. The fourth-order valence-corrected chi connectivity index (χ4v) is 3.10. The maximum absolute atomic E-state index is 14.2. The zero-order valence-corrected chi connectivity index (χ0v) is 14.4. The molecule has 0 radical (unpaired) electrons. The van der Waals surface area contributed by atoms with Crippen molar-refractivity contribution >= 4 is 16.9 Å². The lowest BCUT2D eigenvalue weighted by molar-refractivity contribution is 0.279. The van der Waals surface area contributed by atoms with Crippen LogP contribution in [0.3, 0.4) is 0 Å². The van der Waals surface area contributed by atoms with Gasteiger partial charge in [0.25, 0.3) is 0 Å². The molecule has 7 nitrogen and oxygen atoms in total. The van der Waals surface area contributed by atoms with E-state index in [1.807, 2.05) is 0 Å². The number of hydrogen-bond acceptors (Lipinski definition) is 6. The number of rotatable bonds is 2. The predicted molar refractivity (Wildman–Crippen MR) is 91.3 cm³/mol. The molecule has 1 N–H and O–H groups in total. The van der Waals surface area contributed by atoms with Crippen LogP contribution >= 0.6 is 0 Å². The van der Waals surface area contributed by atoms with Crippen molar-refractivity contribution in [3.63, 3.8) is 0 Å². The van der Waals surface area contributed by atoms with Crippen LogP contribution in [0.2, 0.25) is 0 Å². The number of fused-ring (bicyclic) bond motifs is 1. The Labute approximate surface area is 148 Å². The van der Waals surface area contributed by atoms with Gasteiger partial charge in [0.05, 0.1) is 0 Å². The van der Waals surface area contributed by atoms with Crippen LogP contribution in [0.5, 0.6) is 5.75 Å². The van der Waals surface area contributed by atoms with E-state index in [1.54, 1.807) is 12.1 Å². The van der Waals surface area contributed by atoms with Crippen LogP contribution < -0.4 is 4.90 Å². The molecule has 0 aliphatic carbocycles. The Hall–Kier alpha value is -2.84. The molecule has 136 valence electrons. The van der Waals surface area contributed by atoms with Crippen molar-refractivity contribution in [1.82, 2.24) is 25.2 Å². The standard InChI is InChI=1S/C17H18F2N6O/c1-17(2)5-7-24(8-6-17)12-3-4-13(22-21-12)25-15-11(20-23-25)9-10(18)16(26)14(15)19/h3-4,9,26H,5-8H2,1-2H3. The summed E-state index contributed by atoms with van der Waals surface area (Å²) in [7, 11) is 0. The minimum atomic E-state index is -1.13. The first-order chi connectivity index (χ1) is 12.4. The Balaban J connectivity index is 1.66. The first-order valence-electron chi connectivity index (χ1n) is 8.37. The number of nitrogens with zero attached hydrogens (tertiary/aromatic N) is 6. The lowest BCUT2D eigenvalue weighted by Gasteiger charge is -2.37. The van der Waals surface area contributed by atoms with Gasteiger partial charge >= 0.3 is 0 Å². The van der Waals surface area contributed by atoms with Gasteiger partial charge in [-0.1, -0.05) is 19.1 Å². The molecule has 0 spiro atoms. The summed E-state index contributed by atoms with van der Waals surface area (Å²) in [5, 5.41) is 25.3. The van der Waals surface area contributed by atoms with Gasteiger partial charge in [0, 0.05) is 19.2 Å². The molecule has 1 aliphatic heterocycles. The lowest BCUT2D eigenvalue weighted by atomic mass is 9.83. The fourth-order valence-electron chi connectivity index (χ4n) is 3.10. The number of halogens is 2. The first kappa shape index (κ1) is 16.6. The number of hydrogen-bond donors (Lipinski definition) is 1. The third-order valence-electron chi connectivity index (χ3n) is 4.90. The van der Waals surface area contributed by atoms with Gasteiger partial charge in [0.15, 0.2) is 29.0 Å². The third-order valence-corrected chi connectivity index (χ3v) is 4.90. The average molecular weight is 360 g/mol. The predicted octanol–water partition coefficient (Wildman–Crippen LogP) is 2.82. The van der Waals surface area contributed by atoms with E-state index in [4.69, 9.17) is 0 Å². The molecule has 0 saturated carbocycles. The summed E-state index contributed by atoms with van der Waals surface area (Å²) < 4.78 is 28.8. The number of phenols is 1. The zero-order valence-electron chi connectivity index (χ0n) is 14.4. The highest BCUT2D eigenvalue weighted by Crippen LogP contribution is 2.32. The Kier molecular flexibility index (Phi) is 3.74. The summed E-state index contributed by atoms with van der Waals surface area (Å²) in [4.78, 5) is 2.16. The largest absolute Gasteiger partial charge is 0.503 e. The second-order valence-electron chi connectivity index (χ2n) is 7.29. The molecule has 26 heavy (non-hydrogen) atoms. The Morgan fingerprint density at radius 1 is 1.04 bits per heavy atom. The zero-order chi connectivity index (χ0) is 18.5. The van der Waals surface area contributed by atoms with E-state index in [0.29, 0.717) is 5.41 Å². The molecule has 1 aliphatic rings. The Morgan fingerprint density at radius 3 is 2.35 bits per heavy atom. The summed E-state index contributed by atoms with van der Waals surface area (Å²) in [6.45, 7) is 6.30. The van der Waals surface area contributed by atoms with Crippen molar-refractivity contribution in [2.45, 2.75) is 26.7 Å². The van der Waals surface area contributed by atoms with Crippen molar-refractivity contribution in [1.29, 1.82) is 0 Å². The highest BCUT2D eigenvalue weighted by atomic mass is 19.1. The smallest absolute Gasteiger partial charge is 0.195 e. The van der Waals surface area contributed by atoms with Gasteiger partial charge in [-0.05, 0) is 30.4 Å². The maximum Gasteiger partial charge on any atom is 0.195 e. The molecular weight excluding hydrogens is 342 g/mol. The average Bonchev–Trinajstić information content (AvgIpc) is 3.04. The normalized spacial score (nSPS) is 17.0. The first-order valence-corrected chi connectivity index (χ1v) is 8.37. The number of phenolic OH excluding ortho intramolecular Hbond substituents is 1. The summed E-state index contributed by atoms with van der Waals surface area (Å²) >= 11 is 0. The van der Waals surface area contributed by atoms with Gasteiger partial charge < -0.3 is 10.0 Å². The molecule has 2 aromatic heterocycles. The summed E-state index contributed by atoms with van der Waals surface area (Å²) in [6.07, 6.45) is 2.14. The van der Waals surface area contributed by atoms with E-state index in [2.05, 4.69) is 39.3 Å². The van der Waals surface area contributed by atoms with Crippen LogP contribution in [0, 0.1) is 17.0 Å². The monoisotopic (exact) mass is 360 g/mol. The van der Waals surface area contributed by atoms with Crippen molar-refractivity contribution in [3.8, 4) is 11.6 Å². The SMILES string of the molecule is CC1(C)CCN(c2ccc(-n3nnc4cc(F)c(O)c(F)c43)nn2)CC1. The summed E-state index contributed by atoms with van der Waals surface area (Å²) in [5.41, 5.74) is 0.172. The molecular formula is C17H18F2N6O. The molecule has 0 bridgehead atoms. The van der Waals surface area contributed by atoms with Gasteiger partial charge in [0.1, 0.15) is 11.0 Å². The molecule has 0 atom stereocenters. The summed E-state index contributed by atoms with van der Waals surface area (Å²) in [6, 6.07) is 4.36. The molecule has 3 heterocycles. The highest BCUT2D eigenvalue weighted by Gasteiger charge is 2.26. The lowest BCUT2D eigenvalue weighted by Crippen LogP contribution is -2.37. The van der Waals surface area contributed by atoms with E-state index < -0.39 is 17.4 Å². The number of aromatic nitrogens is 5. The number of benzene rings is 1. The molecule has 1 saturated heterocycles. The van der Waals surface area contributed by atoms with Crippen molar-refractivity contribution < 1.29 is 13.9 Å². The van der Waals surface area contributed by atoms with Gasteiger partial charge in [-0.3, -0.25) is 0 Å². The quantitative estimate of drug-likeness (QED) is 0.757. The van der Waals surface area contributed by atoms with Gasteiger partial charge in [-0.2, -0.15) is 4.68 Å². The van der Waals surface area contributed by atoms with E-state index >= 15 is 0 Å². The molecule has 1 aromatic carbocycles.